The standard InChI is InChI=1S/C11H11ClFN3O/c1-11(2,14)10-15-9(17-16-10)6-3-4-8(13)7(12)5-6/h3-5H,14H2,1-2H3. The molecule has 4 nitrogen and oxygen atoms in total. The van der Waals surface area contributed by atoms with E-state index < -0.39 is 11.4 Å². The summed E-state index contributed by atoms with van der Waals surface area (Å²) in [5.74, 6) is 0.155. The van der Waals surface area contributed by atoms with E-state index in [0.29, 0.717) is 11.4 Å². The lowest BCUT2D eigenvalue weighted by Gasteiger charge is -2.11. The summed E-state index contributed by atoms with van der Waals surface area (Å²) >= 11 is 5.67. The summed E-state index contributed by atoms with van der Waals surface area (Å²) < 4.78 is 18.0. The van der Waals surface area contributed by atoms with E-state index in [1.807, 2.05) is 0 Å². The van der Waals surface area contributed by atoms with Crippen LogP contribution in [0.3, 0.4) is 0 Å². The van der Waals surface area contributed by atoms with Gasteiger partial charge in [-0.1, -0.05) is 16.8 Å². The number of nitrogens with two attached hydrogens (primary N) is 1. The van der Waals surface area contributed by atoms with Gasteiger partial charge in [-0.05, 0) is 32.0 Å². The van der Waals surface area contributed by atoms with Crippen molar-refractivity contribution in [1.82, 2.24) is 10.1 Å². The van der Waals surface area contributed by atoms with Crippen LogP contribution in [-0.2, 0) is 5.54 Å². The van der Waals surface area contributed by atoms with Gasteiger partial charge in [0.2, 0.25) is 0 Å². The zero-order chi connectivity index (χ0) is 12.6. The van der Waals surface area contributed by atoms with Crippen LogP contribution in [-0.4, -0.2) is 10.1 Å². The van der Waals surface area contributed by atoms with E-state index in [1.165, 1.54) is 18.2 Å². The fourth-order valence-corrected chi connectivity index (χ4v) is 1.41. The molecule has 0 unspecified atom stereocenters. The highest BCUT2D eigenvalue weighted by atomic mass is 35.5. The molecule has 17 heavy (non-hydrogen) atoms. The first-order valence-corrected chi connectivity index (χ1v) is 5.34. The molecule has 2 N–H and O–H groups in total. The minimum absolute atomic E-state index is 0.00857. The van der Waals surface area contributed by atoms with Gasteiger partial charge < -0.3 is 10.3 Å². The molecule has 0 spiro atoms. The molecule has 90 valence electrons. The Morgan fingerprint density at radius 1 is 1.41 bits per heavy atom. The number of halogens is 2. The van der Waals surface area contributed by atoms with Crippen molar-refractivity contribution < 1.29 is 8.91 Å². The zero-order valence-electron chi connectivity index (χ0n) is 9.37. The van der Waals surface area contributed by atoms with E-state index in [9.17, 15) is 4.39 Å². The number of hydrogen-bond acceptors (Lipinski definition) is 4. The lowest BCUT2D eigenvalue weighted by atomic mass is 10.1. The predicted octanol–water partition coefficient (Wildman–Crippen LogP) is 2.72. The molecule has 0 aliphatic rings. The molecule has 0 fully saturated rings. The molecule has 1 aromatic carbocycles. The number of nitrogens with zero attached hydrogens (tertiary/aromatic N) is 2. The maximum absolute atomic E-state index is 13.0. The van der Waals surface area contributed by atoms with Crippen LogP contribution < -0.4 is 5.73 Å². The molecular formula is C11H11ClFN3O. The van der Waals surface area contributed by atoms with Gasteiger partial charge in [0.15, 0.2) is 5.82 Å². The number of benzene rings is 1. The highest BCUT2D eigenvalue weighted by Gasteiger charge is 2.22. The summed E-state index contributed by atoms with van der Waals surface area (Å²) in [4.78, 5) is 4.14. The van der Waals surface area contributed by atoms with Crippen LogP contribution in [0.5, 0.6) is 0 Å². The van der Waals surface area contributed by atoms with Crippen molar-refractivity contribution in [2.24, 2.45) is 5.73 Å². The van der Waals surface area contributed by atoms with Gasteiger partial charge in [-0.2, -0.15) is 4.98 Å². The Morgan fingerprint density at radius 3 is 2.65 bits per heavy atom. The lowest BCUT2D eigenvalue weighted by molar-refractivity contribution is 0.397. The molecule has 0 aliphatic heterocycles. The average Bonchev–Trinajstić information content (AvgIpc) is 2.70. The van der Waals surface area contributed by atoms with Gasteiger partial charge in [-0.25, -0.2) is 4.39 Å². The molecule has 0 saturated carbocycles. The molecule has 0 aliphatic carbocycles. The van der Waals surface area contributed by atoms with Crippen molar-refractivity contribution in [3.63, 3.8) is 0 Å². The van der Waals surface area contributed by atoms with Gasteiger partial charge in [0.05, 0.1) is 10.6 Å². The SMILES string of the molecule is CC(C)(N)c1noc(-c2ccc(F)c(Cl)c2)n1. The second-order valence-corrected chi connectivity index (χ2v) is 4.68. The molecule has 2 rings (SSSR count). The lowest BCUT2D eigenvalue weighted by Crippen LogP contribution is -2.30. The van der Waals surface area contributed by atoms with Crippen LogP contribution >= 0.6 is 11.6 Å². The topological polar surface area (TPSA) is 64.9 Å². The number of rotatable bonds is 2. The second kappa shape index (κ2) is 4.09. The molecule has 1 heterocycles. The molecule has 0 bridgehead atoms. The third kappa shape index (κ3) is 2.45. The molecule has 1 aromatic heterocycles. The van der Waals surface area contributed by atoms with Gasteiger partial charge in [-0.3, -0.25) is 0 Å². The molecular weight excluding hydrogens is 245 g/mol. The van der Waals surface area contributed by atoms with Crippen molar-refractivity contribution in [2.75, 3.05) is 0 Å². The highest BCUT2D eigenvalue weighted by Crippen LogP contribution is 2.25. The summed E-state index contributed by atoms with van der Waals surface area (Å²) in [6.07, 6.45) is 0. The molecule has 0 atom stereocenters. The van der Waals surface area contributed by atoms with E-state index in [2.05, 4.69) is 10.1 Å². The summed E-state index contributed by atoms with van der Waals surface area (Å²) in [7, 11) is 0. The van der Waals surface area contributed by atoms with Crippen LogP contribution in [0.4, 0.5) is 4.39 Å². The van der Waals surface area contributed by atoms with Crippen LogP contribution in [0.25, 0.3) is 11.5 Å². The maximum Gasteiger partial charge on any atom is 0.258 e. The smallest absolute Gasteiger partial charge is 0.258 e. The molecule has 0 amide bonds. The fourth-order valence-electron chi connectivity index (χ4n) is 1.23. The van der Waals surface area contributed by atoms with Gasteiger partial charge in [0.25, 0.3) is 5.89 Å². The largest absolute Gasteiger partial charge is 0.334 e. The Morgan fingerprint density at radius 2 is 2.12 bits per heavy atom. The zero-order valence-corrected chi connectivity index (χ0v) is 10.1. The first kappa shape index (κ1) is 12.0. The Hall–Kier alpha value is -1.46. The summed E-state index contributed by atoms with van der Waals surface area (Å²) in [5.41, 5.74) is 5.70. The van der Waals surface area contributed by atoms with Crippen LogP contribution in [0, 0.1) is 5.82 Å². The summed E-state index contributed by atoms with van der Waals surface area (Å²) in [5, 5.41) is 3.78. The van der Waals surface area contributed by atoms with Crippen LogP contribution in [0.15, 0.2) is 22.7 Å². The van der Waals surface area contributed by atoms with E-state index in [4.69, 9.17) is 21.9 Å². The average molecular weight is 256 g/mol. The van der Waals surface area contributed by atoms with Gasteiger partial charge in [-0.15, -0.1) is 0 Å². The Balaban J connectivity index is 2.40. The van der Waals surface area contributed by atoms with E-state index in [1.54, 1.807) is 13.8 Å². The third-order valence-corrected chi connectivity index (χ3v) is 2.46. The molecule has 6 heteroatoms. The van der Waals surface area contributed by atoms with Crippen LogP contribution in [0.2, 0.25) is 5.02 Å². The van der Waals surface area contributed by atoms with Crippen molar-refractivity contribution in [3.8, 4) is 11.5 Å². The van der Waals surface area contributed by atoms with Crippen molar-refractivity contribution in [3.05, 3.63) is 34.9 Å². The first-order chi connectivity index (χ1) is 7.88. The minimum atomic E-state index is -0.689. The van der Waals surface area contributed by atoms with Crippen molar-refractivity contribution >= 4 is 11.6 Å². The van der Waals surface area contributed by atoms with Crippen molar-refractivity contribution in [1.29, 1.82) is 0 Å². The van der Waals surface area contributed by atoms with Gasteiger partial charge >= 0.3 is 0 Å². The van der Waals surface area contributed by atoms with E-state index in [0.717, 1.165) is 0 Å². The number of hydrogen-bond donors (Lipinski definition) is 1. The molecule has 2 aromatic rings. The monoisotopic (exact) mass is 255 g/mol. The Kier molecular flexibility index (Phi) is 2.89. The highest BCUT2D eigenvalue weighted by molar-refractivity contribution is 6.31. The van der Waals surface area contributed by atoms with E-state index in [-0.39, 0.29) is 10.9 Å². The predicted molar refractivity (Wildman–Crippen MR) is 61.9 cm³/mol. The van der Waals surface area contributed by atoms with Crippen LogP contribution in [0.1, 0.15) is 19.7 Å². The van der Waals surface area contributed by atoms with Crippen molar-refractivity contribution in [2.45, 2.75) is 19.4 Å². The Bertz CT molecular complexity index is 548. The maximum atomic E-state index is 13.0. The second-order valence-electron chi connectivity index (χ2n) is 4.27. The van der Waals surface area contributed by atoms with Gasteiger partial charge in [0.1, 0.15) is 5.82 Å². The summed E-state index contributed by atoms with van der Waals surface area (Å²) in [6.45, 7) is 3.53. The third-order valence-electron chi connectivity index (χ3n) is 2.17. The van der Waals surface area contributed by atoms with Gasteiger partial charge in [0, 0.05) is 5.56 Å². The Labute approximate surface area is 103 Å². The quantitative estimate of drug-likeness (QED) is 0.896. The summed E-state index contributed by atoms with van der Waals surface area (Å²) in [6, 6.07) is 4.19. The fraction of sp³-hybridized carbons (Fsp3) is 0.273. The molecule has 0 saturated heterocycles. The normalized spacial score (nSPS) is 11.8. The first-order valence-electron chi connectivity index (χ1n) is 4.96. The molecule has 0 radical (unpaired) electrons. The number of aromatic nitrogens is 2. The minimum Gasteiger partial charge on any atom is -0.334 e. The van der Waals surface area contributed by atoms with E-state index >= 15 is 0 Å².